The molecule has 6 heteroatoms. The van der Waals surface area contributed by atoms with Crippen molar-refractivity contribution in [3.05, 3.63) is 47.9 Å². The van der Waals surface area contributed by atoms with Gasteiger partial charge in [-0.25, -0.2) is 4.98 Å². The molecule has 0 saturated carbocycles. The van der Waals surface area contributed by atoms with E-state index in [1.807, 2.05) is 6.92 Å². The third kappa shape index (κ3) is 3.22. The van der Waals surface area contributed by atoms with Crippen LogP contribution in [0.4, 0.5) is 5.82 Å². The number of aryl methyl sites for hydroxylation is 1. The number of nitrogens with zero attached hydrogens (tertiary/aromatic N) is 5. The Kier molecular flexibility index (Phi) is 4.36. The molecule has 0 radical (unpaired) electrons. The predicted octanol–water partition coefficient (Wildman–Crippen LogP) is 3.03. The van der Waals surface area contributed by atoms with Crippen molar-refractivity contribution in [2.24, 2.45) is 0 Å². The van der Waals surface area contributed by atoms with Crippen LogP contribution in [0.25, 0.3) is 11.1 Å². The molecule has 1 fully saturated rings. The van der Waals surface area contributed by atoms with Crippen LogP contribution in [-0.2, 0) is 6.54 Å². The average molecular weight is 337 g/mol. The second kappa shape index (κ2) is 6.80. The van der Waals surface area contributed by atoms with Gasteiger partial charge in [0.25, 0.3) is 5.71 Å². The molecule has 25 heavy (non-hydrogen) atoms. The third-order valence-electron chi connectivity index (χ3n) is 4.87. The van der Waals surface area contributed by atoms with Crippen LogP contribution in [0.15, 0.2) is 41.2 Å². The molecule has 1 aromatic carbocycles. The SMILES string of the molecule is Cc1noc2ncnc(N3CCCN(Cc4ccccc4)CC3C)c12. The summed E-state index contributed by atoms with van der Waals surface area (Å²) in [5.74, 6) is 0.942. The zero-order chi connectivity index (χ0) is 17.2. The molecule has 0 spiro atoms. The summed E-state index contributed by atoms with van der Waals surface area (Å²) in [5, 5.41) is 4.99. The summed E-state index contributed by atoms with van der Waals surface area (Å²) in [7, 11) is 0. The predicted molar refractivity (Wildman–Crippen MR) is 97.5 cm³/mol. The van der Waals surface area contributed by atoms with E-state index in [-0.39, 0.29) is 0 Å². The number of benzene rings is 1. The number of aromatic nitrogens is 3. The van der Waals surface area contributed by atoms with E-state index in [1.165, 1.54) is 5.56 Å². The Morgan fingerprint density at radius 3 is 2.84 bits per heavy atom. The molecule has 0 N–H and O–H groups in total. The van der Waals surface area contributed by atoms with Gasteiger partial charge < -0.3 is 9.42 Å². The van der Waals surface area contributed by atoms with Gasteiger partial charge in [-0.05, 0) is 25.8 Å². The third-order valence-corrected chi connectivity index (χ3v) is 4.87. The first-order valence-electron chi connectivity index (χ1n) is 8.82. The second-order valence-corrected chi connectivity index (χ2v) is 6.76. The Bertz CT molecular complexity index is 847. The number of hydrogen-bond donors (Lipinski definition) is 0. The Morgan fingerprint density at radius 1 is 1.16 bits per heavy atom. The van der Waals surface area contributed by atoms with Gasteiger partial charge in [0.1, 0.15) is 17.5 Å². The zero-order valence-corrected chi connectivity index (χ0v) is 14.7. The van der Waals surface area contributed by atoms with Crippen LogP contribution < -0.4 is 4.90 Å². The minimum absolute atomic E-state index is 0.360. The molecule has 3 aromatic rings. The largest absolute Gasteiger partial charge is 0.352 e. The molecule has 1 saturated heterocycles. The first-order chi connectivity index (χ1) is 12.2. The molecule has 130 valence electrons. The van der Waals surface area contributed by atoms with E-state index in [0.29, 0.717) is 11.8 Å². The van der Waals surface area contributed by atoms with Gasteiger partial charge in [0.05, 0.1) is 5.69 Å². The first-order valence-corrected chi connectivity index (χ1v) is 8.82. The lowest BCUT2D eigenvalue weighted by Gasteiger charge is -2.30. The van der Waals surface area contributed by atoms with E-state index in [0.717, 1.165) is 49.5 Å². The zero-order valence-electron chi connectivity index (χ0n) is 14.7. The van der Waals surface area contributed by atoms with Crippen molar-refractivity contribution in [2.45, 2.75) is 32.9 Å². The first kappa shape index (κ1) is 16.0. The highest BCUT2D eigenvalue weighted by Gasteiger charge is 2.26. The van der Waals surface area contributed by atoms with E-state index in [9.17, 15) is 0 Å². The maximum atomic E-state index is 5.31. The second-order valence-electron chi connectivity index (χ2n) is 6.76. The van der Waals surface area contributed by atoms with E-state index >= 15 is 0 Å². The molecule has 2 aromatic heterocycles. The topological polar surface area (TPSA) is 58.3 Å². The summed E-state index contributed by atoms with van der Waals surface area (Å²) in [6.07, 6.45) is 2.68. The maximum Gasteiger partial charge on any atom is 0.263 e. The molecule has 3 heterocycles. The van der Waals surface area contributed by atoms with Gasteiger partial charge in [0.2, 0.25) is 0 Å². The monoisotopic (exact) mass is 337 g/mol. The Balaban J connectivity index is 1.57. The van der Waals surface area contributed by atoms with Gasteiger partial charge in [-0.2, -0.15) is 4.98 Å². The summed E-state index contributed by atoms with van der Waals surface area (Å²) in [5.41, 5.74) is 2.78. The lowest BCUT2D eigenvalue weighted by atomic mass is 10.2. The number of anilines is 1. The van der Waals surface area contributed by atoms with E-state index in [2.05, 4.69) is 62.2 Å². The Hall–Kier alpha value is -2.47. The molecular weight excluding hydrogens is 314 g/mol. The van der Waals surface area contributed by atoms with Crippen molar-refractivity contribution in [3.63, 3.8) is 0 Å². The number of fused-ring (bicyclic) bond motifs is 1. The summed E-state index contributed by atoms with van der Waals surface area (Å²) >= 11 is 0. The molecule has 1 atom stereocenters. The lowest BCUT2D eigenvalue weighted by molar-refractivity contribution is 0.268. The van der Waals surface area contributed by atoms with Crippen LogP contribution in [0.1, 0.15) is 24.6 Å². The fourth-order valence-corrected chi connectivity index (χ4v) is 3.67. The van der Waals surface area contributed by atoms with Crippen LogP contribution in [0.5, 0.6) is 0 Å². The molecule has 1 aliphatic rings. The lowest BCUT2D eigenvalue weighted by Crippen LogP contribution is -2.39. The fraction of sp³-hybridized carbons (Fsp3) is 0.421. The normalized spacial score (nSPS) is 19.3. The Morgan fingerprint density at radius 2 is 2.00 bits per heavy atom. The maximum absolute atomic E-state index is 5.31. The van der Waals surface area contributed by atoms with Gasteiger partial charge in [0, 0.05) is 32.2 Å². The van der Waals surface area contributed by atoms with Gasteiger partial charge >= 0.3 is 0 Å². The van der Waals surface area contributed by atoms with Crippen molar-refractivity contribution in [3.8, 4) is 0 Å². The van der Waals surface area contributed by atoms with Crippen molar-refractivity contribution < 1.29 is 4.52 Å². The Labute approximate surface area is 147 Å². The summed E-state index contributed by atoms with van der Waals surface area (Å²) < 4.78 is 5.31. The van der Waals surface area contributed by atoms with Crippen molar-refractivity contribution in [2.75, 3.05) is 24.5 Å². The smallest absolute Gasteiger partial charge is 0.263 e. The van der Waals surface area contributed by atoms with Crippen molar-refractivity contribution >= 4 is 16.9 Å². The highest BCUT2D eigenvalue weighted by atomic mass is 16.5. The molecule has 1 unspecified atom stereocenters. The summed E-state index contributed by atoms with van der Waals surface area (Å²) in [6.45, 7) is 8.27. The highest BCUT2D eigenvalue weighted by Crippen LogP contribution is 2.28. The van der Waals surface area contributed by atoms with Crippen LogP contribution in [0, 0.1) is 6.92 Å². The molecule has 0 aliphatic carbocycles. The molecule has 6 nitrogen and oxygen atoms in total. The van der Waals surface area contributed by atoms with Crippen LogP contribution in [0.2, 0.25) is 0 Å². The number of rotatable bonds is 3. The summed E-state index contributed by atoms with van der Waals surface area (Å²) in [4.78, 5) is 13.7. The quantitative estimate of drug-likeness (QED) is 0.732. The van der Waals surface area contributed by atoms with Gasteiger partial charge in [-0.1, -0.05) is 35.5 Å². The summed E-state index contributed by atoms with van der Waals surface area (Å²) in [6, 6.07) is 11.0. The van der Waals surface area contributed by atoms with Crippen molar-refractivity contribution in [1.29, 1.82) is 0 Å². The van der Waals surface area contributed by atoms with Gasteiger partial charge in [-0.15, -0.1) is 0 Å². The standard InChI is InChI=1S/C19H23N5O/c1-14-11-23(12-16-7-4-3-5-8-16)9-6-10-24(14)18-17-15(2)22-25-19(17)21-13-20-18/h3-5,7-8,13-14H,6,9-12H2,1-2H3. The molecule has 4 rings (SSSR count). The van der Waals surface area contributed by atoms with Crippen LogP contribution >= 0.6 is 0 Å². The van der Waals surface area contributed by atoms with Gasteiger partial charge in [-0.3, -0.25) is 4.90 Å². The van der Waals surface area contributed by atoms with Crippen molar-refractivity contribution in [1.82, 2.24) is 20.0 Å². The molecule has 1 aliphatic heterocycles. The van der Waals surface area contributed by atoms with Crippen LogP contribution in [-0.4, -0.2) is 45.7 Å². The minimum atomic E-state index is 0.360. The van der Waals surface area contributed by atoms with E-state index in [1.54, 1.807) is 6.33 Å². The van der Waals surface area contributed by atoms with Gasteiger partial charge in [0.15, 0.2) is 0 Å². The van der Waals surface area contributed by atoms with Crippen LogP contribution in [0.3, 0.4) is 0 Å². The molecule has 0 amide bonds. The van der Waals surface area contributed by atoms with E-state index in [4.69, 9.17) is 4.52 Å². The average Bonchev–Trinajstić information content (AvgIpc) is 2.91. The minimum Gasteiger partial charge on any atom is -0.352 e. The molecule has 0 bridgehead atoms. The number of hydrogen-bond acceptors (Lipinski definition) is 6. The fourth-order valence-electron chi connectivity index (χ4n) is 3.67. The highest BCUT2D eigenvalue weighted by molar-refractivity contribution is 5.88. The molecular formula is C19H23N5O. The van der Waals surface area contributed by atoms with E-state index < -0.39 is 0 Å².